The molecule has 0 aromatic carbocycles. The number of piperidine rings is 1. The lowest BCUT2D eigenvalue weighted by molar-refractivity contribution is 0.308. The van der Waals surface area contributed by atoms with Gasteiger partial charge in [-0.25, -0.2) is 0 Å². The van der Waals surface area contributed by atoms with Gasteiger partial charge < -0.3 is 10.2 Å². The molecule has 74 valence electrons. The standard InChI is InChI=1S/C11H20N2/c1-2-10-7-13(6-9-3-4-9)8-11(10)12-5-1/h9-12H,1-8H2. The van der Waals surface area contributed by atoms with Crippen LogP contribution in [0.5, 0.6) is 0 Å². The van der Waals surface area contributed by atoms with E-state index in [-0.39, 0.29) is 0 Å². The zero-order valence-electron chi connectivity index (χ0n) is 8.34. The molecule has 2 unspecified atom stereocenters. The van der Waals surface area contributed by atoms with Gasteiger partial charge in [0.2, 0.25) is 0 Å². The smallest absolute Gasteiger partial charge is 0.0235 e. The highest BCUT2D eigenvalue weighted by Crippen LogP contribution is 2.33. The van der Waals surface area contributed by atoms with Crippen molar-refractivity contribution in [2.75, 3.05) is 26.2 Å². The molecule has 2 atom stereocenters. The Balaban J connectivity index is 1.55. The van der Waals surface area contributed by atoms with Gasteiger partial charge in [-0.3, -0.25) is 0 Å². The van der Waals surface area contributed by atoms with Crippen LogP contribution in [0.1, 0.15) is 25.7 Å². The topological polar surface area (TPSA) is 15.3 Å². The monoisotopic (exact) mass is 180 g/mol. The second kappa shape index (κ2) is 3.25. The minimum Gasteiger partial charge on any atom is -0.312 e. The van der Waals surface area contributed by atoms with E-state index in [1.165, 1.54) is 51.9 Å². The van der Waals surface area contributed by atoms with Gasteiger partial charge >= 0.3 is 0 Å². The van der Waals surface area contributed by atoms with Crippen molar-refractivity contribution in [3.05, 3.63) is 0 Å². The van der Waals surface area contributed by atoms with Gasteiger partial charge in [0, 0.05) is 25.7 Å². The minimum absolute atomic E-state index is 0.840. The van der Waals surface area contributed by atoms with Crippen LogP contribution >= 0.6 is 0 Å². The van der Waals surface area contributed by atoms with Crippen molar-refractivity contribution >= 4 is 0 Å². The zero-order chi connectivity index (χ0) is 8.67. The third kappa shape index (κ3) is 1.75. The number of hydrogen-bond donors (Lipinski definition) is 1. The van der Waals surface area contributed by atoms with Crippen LogP contribution in [0.4, 0.5) is 0 Å². The molecule has 0 aromatic heterocycles. The van der Waals surface area contributed by atoms with Crippen LogP contribution in [0.25, 0.3) is 0 Å². The largest absolute Gasteiger partial charge is 0.312 e. The van der Waals surface area contributed by atoms with Crippen molar-refractivity contribution in [3.63, 3.8) is 0 Å². The number of hydrogen-bond acceptors (Lipinski definition) is 2. The Morgan fingerprint density at radius 2 is 2.08 bits per heavy atom. The summed E-state index contributed by atoms with van der Waals surface area (Å²) >= 11 is 0. The fraction of sp³-hybridized carbons (Fsp3) is 1.00. The van der Waals surface area contributed by atoms with Gasteiger partial charge in [-0.2, -0.15) is 0 Å². The second-order valence-electron chi connectivity index (χ2n) is 5.12. The van der Waals surface area contributed by atoms with E-state index in [0.29, 0.717) is 0 Å². The number of nitrogens with zero attached hydrogens (tertiary/aromatic N) is 1. The highest BCUT2D eigenvalue weighted by Gasteiger charge is 2.36. The van der Waals surface area contributed by atoms with Crippen LogP contribution < -0.4 is 5.32 Å². The van der Waals surface area contributed by atoms with Crippen LogP contribution in [-0.4, -0.2) is 37.1 Å². The first kappa shape index (κ1) is 8.25. The maximum atomic E-state index is 3.66. The zero-order valence-corrected chi connectivity index (χ0v) is 8.34. The summed E-state index contributed by atoms with van der Waals surface area (Å²) in [7, 11) is 0. The van der Waals surface area contributed by atoms with Crippen molar-refractivity contribution in [3.8, 4) is 0 Å². The Labute approximate surface area is 80.7 Å². The van der Waals surface area contributed by atoms with Gasteiger partial charge in [-0.1, -0.05) is 0 Å². The van der Waals surface area contributed by atoms with E-state index in [4.69, 9.17) is 0 Å². The summed E-state index contributed by atoms with van der Waals surface area (Å²) in [6.07, 6.45) is 5.87. The minimum atomic E-state index is 0.840. The van der Waals surface area contributed by atoms with Gasteiger partial charge in [0.1, 0.15) is 0 Å². The maximum Gasteiger partial charge on any atom is 0.0235 e. The molecule has 2 nitrogen and oxygen atoms in total. The molecule has 0 aromatic rings. The summed E-state index contributed by atoms with van der Waals surface area (Å²) in [6.45, 7) is 5.38. The van der Waals surface area contributed by atoms with Gasteiger partial charge in [0.15, 0.2) is 0 Å². The van der Waals surface area contributed by atoms with Gasteiger partial charge in [0.25, 0.3) is 0 Å². The first-order valence-corrected chi connectivity index (χ1v) is 5.87. The Hall–Kier alpha value is -0.0800. The van der Waals surface area contributed by atoms with Crippen LogP contribution in [0.2, 0.25) is 0 Å². The maximum absolute atomic E-state index is 3.66. The molecule has 2 saturated heterocycles. The quantitative estimate of drug-likeness (QED) is 0.684. The molecule has 0 radical (unpaired) electrons. The SMILES string of the molecule is C1CNC2CN(CC3CC3)CC2C1. The third-order valence-corrected chi connectivity index (χ3v) is 3.89. The fourth-order valence-corrected chi connectivity index (χ4v) is 2.95. The fourth-order valence-electron chi connectivity index (χ4n) is 2.95. The summed E-state index contributed by atoms with van der Waals surface area (Å²) in [6, 6.07) is 0.840. The molecular weight excluding hydrogens is 160 g/mol. The summed E-state index contributed by atoms with van der Waals surface area (Å²) in [4.78, 5) is 2.70. The lowest BCUT2D eigenvalue weighted by Crippen LogP contribution is -2.40. The van der Waals surface area contributed by atoms with E-state index >= 15 is 0 Å². The average molecular weight is 180 g/mol. The molecule has 3 aliphatic rings. The number of fused-ring (bicyclic) bond motifs is 1. The molecule has 1 aliphatic carbocycles. The molecule has 3 fully saturated rings. The summed E-state index contributed by atoms with van der Waals surface area (Å²) in [5, 5.41) is 3.66. The summed E-state index contributed by atoms with van der Waals surface area (Å²) in [5.74, 6) is 2.05. The highest BCUT2D eigenvalue weighted by atomic mass is 15.2. The van der Waals surface area contributed by atoms with E-state index in [0.717, 1.165) is 17.9 Å². The van der Waals surface area contributed by atoms with Gasteiger partial charge in [0.05, 0.1) is 0 Å². The molecule has 0 spiro atoms. The normalized spacial score (nSPS) is 40.6. The molecule has 0 bridgehead atoms. The molecular formula is C11H20N2. The van der Waals surface area contributed by atoms with E-state index in [1.54, 1.807) is 0 Å². The van der Waals surface area contributed by atoms with Crippen molar-refractivity contribution in [1.29, 1.82) is 0 Å². The Kier molecular flexibility index (Phi) is 2.06. The Bertz CT molecular complexity index is 175. The lowest BCUT2D eigenvalue weighted by atomic mass is 9.94. The first-order chi connectivity index (χ1) is 6.42. The molecule has 1 N–H and O–H groups in total. The van der Waals surface area contributed by atoms with E-state index in [1.807, 2.05) is 0 Å². The molecule has 2 aliphatic heterocycles. The van der Waals surface area contributed by atoms with E-state index in [9.17, 15) is 0 Å². The lowest BCUT2D eigenvalue weighted by Gasteiger charge is -2.24. The second-order valence-corrected chi connectivity index (χ2v) is 5.12. The molecule has 2 heterocycles. The molecule has 3 rings (SSSR count). The van der Waals surface area contributed by atoms with Crippen molar-refractivity contribution in [2.24, 2.45) is 11.8 Å². The molecule has 2 heteroatoms. The number of likely N-dealkylation sites (tertiary alicyclic amines) is 1. The number of rotatable bonds is 2. The Morgan fingerprint density at radius 1 is 1.15 bits per heavy atom. The predicted molar refractivity (Wildman–Crippen MR) is 53.7 cm³/mol. The van der Waals surface area contributed by atoms with Crippen LogP contribution in [0, 0.1) is 11.8 Å². The number of nitrogens with one attached hydrogen (secondary N) is 1. The third-order valence-electron chi connectivity index (χ3n) is 3.89. The Morgan fingerprint density at radius 3 is 2.85 bits per heavy atom. The summed E-state index contributed by atoms with van der Waals surface area (Å²) in [5.41, 5.74) is 0. The average Bonchev–Trinajstić information content (AvgIpc) is 2.85. The van der Waals surface area contributed by atoms with Crippen LogP contribution in [0.3, 0.4) is 0 Å². The highest BCUT2D eigenvalue weighted by molar-refractivity contribution is 4.93. The van der Waals surface area contributed by atoms with Gasteiger partial charge in [-0.05, 0) is 44.1 Å². The predicted octanol–water partition coefficient (Wildman–Crippen LogP) is 1.08. The van der Waals surface area contributed by atoms with Crippen molar-refractivity contribution in [2.45, 2.75) is 31.7 Å². The van der Waals surface area contributed by atoms with E-state index in [2.05, 4.69) is 10.2 Å². The molecule has 1 saturated carbocycles. The van der Waals surface area contributed by atoms with Crippen LogP contribution in [-0.2, 0) is 0 Å². The van der Waals surface area contributed by atoms with Gasteiger partial charge in [-0.15, -0.1) is 0 Å². The molecule has 0 amide bonds. The summed E-state index contributed by atoms with van der Waals surface area (Å²) < 4.78 is 0. The van der Waals surface area contributed by atoms with Crippen molar-refractivity contribution < 1.29 is 0 Å². The van der Waals surface area contributed by atoms with Crippen molar-refractivity contribution in [1.82, 2.24) is 10.2 Å². The van der Waals surface area contributed by atoms with E-state index < -0.39 is 0 Å². The van der Waals surface area contributed by atoms with Crippen LogP contribution in [0.15, 0.2) is 0 Å². The molecule has 13 heavy (non-hydrogen) atoms. The first-order valence-electron chi connectivity index (χ1n) is 5.87.